The molecular weight excluding hydrogens is 250 g/mol. The normalized spacial score (nSPS) is 12.1. The molecule has 0 amide bonds. The highest BCUT2D eigenvalue weighted by Gasteiger charge is 2.15. The summed E-state index contributed by atoms with van der Waals surface area (Å²) >= 11 is 1.65. The molecule has 0 aliphatic heterocycles. The molecule has 1 atom stereocenters. The zero-order valence-corrected chi connectivity index (χ0v) is 11.5. The van der Waals surface area contributed by atoms with Gasteiger partial charge in [-0.3, -0.25) is 4.79 Å². The third kappa shape index (κ3) is 4.98. The lowest BCUT2D eigenvalue weighted by atomic mass is 10.2. The molecule has 0 aliphatic carbocycles. The summed E-state index contributed by atoms with van der Waals surface area (Å²) in [5.41, 5.74) is 1.05. The van der Waals surface area contributed by atoms with Crippen LogP contribution in [0.3, 0.4) is 0 Å². The number of rotatable bonds is 8. The predicted octanol–water partition coefficient (Wildman–Crippen LogP) is 1.99. The molecule has 0 aliphatic rings. The number of hydrogen-bond acceptors (Lipinski definition) is 4. The number of carboxylic acid groups (broad SMARTS) is 1. The van der Waals surface area contributed by atoms with E-state index in [1.54, 1.807) is 18.9 Å². The molecule has 0 unspecified atom stereocenters. The van der Waals surface area contributed by atoms with Crippen molar-refractivity contribution < 1.29 is 14.6 Å². The lowest BCUT2D eigenvalue weighted by Gasteiger charge is -2.14. The first-order chi connectivity index (χ1) is 8.67. The minimum atomic E-state index is -0.794. The molecule has 0 saturated carbocycles. The van der Waals surface area contributed by atoms with Crippen LogP contribution in [0.1, 0.15) is 12.0 Å². The fraction of sp³-hybridized carbons (Fsp3) is 0.462. The van der Waals surface area contributed by atoms with E-state index in [0.29, 0.717) is 13.0 Å². The van der Waals surface area contributed by atoms with Gasteiger partial charge in [-0.25, -0.2) is 0 Å². The molecule has 4 nitrogen and oxygen atoms in total. The largest absolute Gasteiger partial charge is 0.497 e. The zero-order valence-electron chi connectivity index (χ0n) is 10.7. The molecule has 0 aromatic heterocycles. The Morgan fingerprint density at radius 3 is 2.61 bits per heavy atom. The average molecular weight is 269 g/mol. The maximum Gasteiger partial charge on any atom is 0.320 e. The second-order valence-corrected chi connectivity index (χ2v) is 4.89. The summed E-state index contributed by atoms with van der Waals surface area (Å²) in [6, 6.07) is 7.11. The Morgan fingerprint density at radius 2 is 2.11 bits per heavy atom. The summed E-state index contributed by atoms with van der Waals surface area (Å²) in [7, 11) is 1.62. The molecule has 0 fully saturated rings. The predicted molar refractivity (Wildman–Crippen MR) is 74.3 cm³/mol. The van der Waals surface area contributed by atoms with Gasteiger partial charge in [0.2, 0.25) is 0 Å². The molecule has 0 radical (unpaired) electrons. The Labute approximate surface area is 112 Å². The van der Waals surface area contributed by atoms with Gasteiger partial charge in [0, 0.05) is 6.54 Å². The first-order valence-corrected chi connectivity index (χ1v) is 7.14. The first-order valence-electron chi connectivity index (χ1n) is 5.75. The van der Waals surface area contributed by atoms with Crippen molar-refractivity contribution in [1.29, 1.82) is 0 Å². The van der Waals surface area contributed by atoms with Gasteiger partial charge in [-0.15, -0.1) is 0 Å². The topological polar surface area (TPSA) is 58.6 Å². The highest BCUT2D eigenvalue weighted by Crippen LogP contribution is 2.11. The molecule has 18 heavy (non-hydrogen) atoms. The quantitative estimate of drug-likeness (QED) is 0.756. The van der Waals surface area contributed by atoms with Crippen LogP contribution in [0.5, 0.6) is 5.75 Å². The van der Waals surface area contributed by atoms with E-state index in [1.807, 2.05) is 30.5 Å². The van der Waals surface area contributed by atoms with Crippen molar-refractivity contribution in [2.45, 2.75) is 19.0 Å². The third-order valence-electron chi connectivity index (χ3n) is 2.62. The average Bonchev–Trinajstić information content (AvgIpc) is 2.39. The number of hydrogen-bond donors (Lipinski definition) is 2. The van der Waals surface area contributed by atoms with Gasteiger partial charge >= 0.3 is 5.97 Å². The van der Waals surface area contributed by atoms with E-state index in [1.165, 1.54) is 0 Å². The Bertz CT molecular complexity index is 367. The number of benzene rings is 1. The molecule has 2 N–H and O–H groups in total. The van der Waals surface area contributed by atoms with Gasteiger partial charge in [0.05, 0.1) is 7.11 Å². The van der Waals surface area contributed by atoms with Crippen LogP contribution < -0.4 is 10.1 Å². The molecule has 0 bridgehead atoms. The van der Waals surface area contributed by atoms with Crippen molar-refractivity contribution in [2.75, 3.05) is 19.1 Å². The molecule has 5 heteroatoms. The van der Waals surface area contributed by atoms with Crippen LogP contribution in [-0.4, -0.2) is 36.2 Å². The van der Waals surface area contributed by atoms with Gasteiger partial charge in [-0.05, 0) is 36.1 Å². The van der Waals surface area contributed by atoms with E-state index in [2.05, 4.69) is 5.32 Å². The Morgan fingerprint density at radius 1 is 1.44 bits per heavy atom. The maximum absolute atomic E-state index is 11.0. The fourth-order valence-electron chi connectivity index (χ4n) is 1.53. The highest BCUT2D eigenvalue weighted by atomic mass is 32.2. The number of carbonyl (C=O) groups is 1. The standard InChI is InChI=1S/C13H19NO3S/c1-17-11-5-3-10(4-6-11)9-14-12(13(15)16)7-8-18-2/h3-6,12,14H,7-9H2,1-2H3,(H,15,16)/t12-/m1/s1. The monoisotopic (exact) mass is 269 g/mol. The van der Waals surface area contributed by atoms with Crippen molar-refractivity contribution >= 4 is 17.7 Å². The SMILES string of the molecule is COc1ccc(CN[C@H](CCSC)C(=O)O)cc1. The lowest BCUT2D eigenvalue weighted by molar-refractivity contribution is -0.139. The van der Waals surface area contributed by atoms with E-state index in [0.717, 1.165) is 17.1 Å². The number of aliphatic carboxylic acids is 1. The summed E-state index contributed by atoms with van der Waals surface area (Å²) in [5.74, 6) is 0.848. The van der Waals surface area contributed by atoms with E-state index in [9.17, 15) is 4.79 Å². The Balaban J connectivity index is 2.47. The van der Waals surface area contributed by atoms with Crippen molar-refractivity contribution in [1.82, 2.24) is 5.32 Å². The van der Waals surface area contributed by atoms with Crippen molar-refractivity contribution in [3.05, 3.63) is 29.8 Å². The van der Waals surface area contributed by atoms with Gasteiger partial charge in [-0.1, -0.05) is 12.1 Å². The maximum atomic E-state index is 11.0. The molecular formula is C13H19NO3S. The van der Waals surface area contributed by atoms with Crippen LogP contribution in [0, 0.1) is 0 Å². The molecule has 100 valence electrons. The number of ether oxygens (including phenoxy) is 1. The minimum absolute atomic E-state index is 0.487. The number of thioether (sulfide) groups is 1. The summed E-state index contributed by atoms with van der Waals surface area (Å²) in [6.45, 7) is 0.551. The zero-order chi connectivity index (χ0) is 13.4. The number of methoxy groups -OCH3 is 1. The second-order valence-electron chi connectivity index (χ2n) is 3.90. The van der Waals surface area contributed by atoms with Crippen molar-refractivity contribution in [2.24, 2.45) is 0 Å². The van der Waals surface area contributed by atoms with Gasteiger partial charge in [0.25, 0.3) is 0 Å². The van der Waals surface area contributed by atoms with E-state index < -0.39 is 12.0 Å². The van der Waals surface area contributed by atoms with Gasteiger partial charge < -0.3 is 15.2 Å². The lowest BCUT2D eigenvalue weighted by Crippen LogP contribution is -2.36. The Kier molecular flexibility index (Phi) is 6.60. The molecule has 1 aromatic carbocycles. The van der Waals surface area contributed by atoms with Crippen LogP contribution in [0.2, 0.25) is 0 Å². The summed E-state index contributed by atoms with van der Waals surface area (Å²) in [5, 5.41) is 12.1. The van der Waals surface area contributed by atoms with E-state index >= 15 is 0 Å². The number of carboxylic acids is 1. The highest BCUT2D eigenvalue weighted by molar-refractivity contribution is 7.98. The third-order valence-corrected chi connectivity index (χ3v) is 3.26. The van der Waals surface area contributed by atoms with E-state index in [4.69, 9.17) is 9.84 Å². The van der Waals surface area contributed by atoms with Crippen LogP contribution >= 0.6 is 11.8 Å². The molecule has 0 spiro atoms. The van der Waals surface area contributed by atoms with Gasteiger partial charge in [0.1, 0.15) is 11.8 Å². The van der Waals surface area contributed by atoms with E-state index in [-0.39, 0.29) is 0 Å². The van der Waals surface area contributed by atoms with Crippen LogP contribution in [0.15, 0.2) is 24.3 Å². The minimum Gasteiger partial charge on any atom is -0.497 e. The molecule has 0 saturated heterocycles. The van der Waals surface area contributed by atoms with Gasteiger partial charge in [0.15, 0.2) is 0 Å². The van der Waals surface area contributed by atoms with Crippen molar-refractivity contribution in [3.8, 4) is 5.75 Å². The van der Waals surface area contributed by atoms with Crippen LogP contribution in [-0.2, 0) is 11.3 Å². The van der Waals surface area contributed by atoms with Crippen LogP contribution in [0.4, 0.5) is 0 Å². The van der Waals surface area contributed by atoms with Gasteiger partial charge in [-0.2, -0.15) is 11.8 Å². The summed E-state index contributed by atoms with van der Waals surface area (Å²) in [4.78, 5) is 11.0. The molecule has 0 heterocycles. The fourth-order valence-corrected chi connectivity index (χ4v) is 2.00. The Hall–Kier alpha value is -1.20. The van der Waals surface area contributed by atoms with Crippen molar-refractivity contribution in [3.63, 3.8) is 0 Å². The summed E-state index contributed by atoms with van der Waals surface area (Å²) < 4.78 is 5.07. The first kappa shape index (κ1) is 14.9. The molecule has 1 aromatic rings. The molecule has 1 rings (SSSR count). The van der Waals surface area contributed by atoms with Crippen LogP contribution in [0.25, 0.3) is 0 Å². The number of nitrogens with one attached hydrogen (secondary N) is 1. The summed E-state index contributed by atoms with van der Waals surface area (Å²) in [6.07, 6.45) is 2.61. The second kappa shape index (κ2) is 8.00. The smallest absolute Gasteiger partial charge is 0.320 e.